The predicted molar refractivity (Wildman–Crippen MR) is 115 cm³/mol. The number of ether oxygens (including phenoxy) is 1. The number of halogens is 2. The lowest BCUT2D eigenvalue weighted by Gasteiger charge is -2.11. The van der Waals surface area contributed by atoms with Gasteiger partial charge in [-0.1, -0.05) is 34.5 Å². The van der Waals surface area contributed by atoms with Crippen molar-refractivity contribution in [2.45, 2.75) is 13.5 Å². The number of amides is 2. The monoisotopic (exact) mass is 447 g/mol. The van der Waals surface area contributed by atoms with Gasteiger partial charge >= 0.3 is 0 Å². The lowest BCUT2D eigenvalue weighted by atomic mass is 10.1. The van der Waals surface area contributed by atoms with Gasteiger partial charge in [0.1, 0.15) is 5.75 Å². The predicted octanol–water partition coefficient (Wildman–Crippen LogP) is 3.56. The van der Waals surface area contributed by atoms with Crippen LogP contribution in [0.1, 0.15) is 32.1 Å². The number of aromatic nitrogens is 3. The van der Waals surface area contributed by atoms with Crippen LogP contribution < -0.4 is 15.4 Å². The number of methoxy groups -OCH3 is 1. The first-order valence-electron chi connectivity index (χ1n) is 8.89. The molecular formula is C20H19Cl2N5O3. The summed E-state index contributed by atoms with van der Waals surface area (Å²) in [5.41, 5.74) is 2.32. The zero-order valence-electron chi connectivity index (χ0n) is 16.5. The number of anilines is 1. The van der Waals surface area contributed by atoms with Gasteiger partial charge in [0.25, 0.3) is 11.8 Å². The van der Waals surface area contributed by atoms with Crippen molar-refractivity contribution < 1.29 is 14.3 Å². The van der Waals surface area contributed by atoms with E-state index in [4.69, 9.17) is 27.9 Å². The fourth-order valence-electron chi connectivity index (χ4n) is 2.80. The van der Waals surface area contributed by atoms with Crippen molar-refractivity contribution in [1.29, 1.82) is 0 Å². The lowest BCUT2D eigenvalue weighted by Crippen LogP contribution is -2.19. The molecule has 8 nitrogen and oxygen atoms in total. The van der Waals surface area contributed by atoms with Gasteiger partial charge in [-0.05, 0) is 42.8 Å². The van der Waals surface area contributed by atoms with Gasteiger partial charge < -0.3 is 15.4 Å². The molecule has 30 heavy (non-hydrogen) atoms. The molecule has 0 aliphatic carbocycles. The SMILES string of the molecule is CNC(=O)c1ccc(OC)c(NC(=O)c2nnn(Cc3ccc(Cl)c(Cl)c3)c2C)c1. The Kier molecular flexibility index (Phi) is 6.59. The number of nitrogens with one attached hydrogen (secondary N) is 2. The molecule has 3 rings (SSSR count). The zero-order valence-corrected chi connectivity index (χ0v) is 18.0. The standard InChI is InChI=1S/C20H19Cl2N5O3/c1-11-18(25-26-27(11)10-12-4-6-14(21)15(22)8-12)20(29)24-16-9-13(19(28)23-2)5-7-17(16)30-3/h4-9H,10H2,1-3H3,(H,23,28)(H,24,29). The van der Waals surface area contributed by atoms with Crippen molar-refractivity contribution in [3.8, 4) is 5.75 Å². The Bertz CT molecular complexity index is 1110. The first-order valence-corrected chi connectivity index (χ1v) is 9.65. The van der Waals surface area contributed by atoms with Crippen LogP contribution in [0.2, 0.25) is 10.0 Å². The number of benzene rings is 2. The van der Waals surface area contributed by atoms with Crippen LogP contribution in [0.25, 0.3) is 0 Å². The minimum atomic E-state index is -0.472. The van der Waals surface area contributed by atoms with Crippen molar-refractivity contribution in [2.75, 3.05) is 19.5 Å². The minimum Gasteiger partial charge on any atom is -0.495 e. The summed E-state index contributed by atoms with van der Waals surface area (Å²) >= 11 is 12.0. The second-order valence-electron chi connectivity index (χ2n) is 6.38. The Balaban J connectivity index is 1.83. The average Bonchev–Trinajstić information content (AvgIpc) is 3.10. The van der Waals surface area contributed by atoms with Gasteiger partial charge in [-0.25, -0.2) is 4.68 Å². The second kappa shape index (κ2) is 9.15. The largest absolute Gasteiger partial charge is 0.495 e. The maximum absolute atomic E-state index is 12.8. The molecule has 0 spiro atoms. The van der Waals surface area contributed by atoms with Gasteiger partial charge in [-0.2, -0.15) is 0 Å². The number of hydrogen-bond donors (Lipinski definition) is 2. The van der Waals surface area contributed by atoms with Gasteiger partial charge in [0.15, 0.2) is 5.69 Å². The van der Waals surface area contributed by atoms with Gasteiger partial charge in [-0.15, -0.1) is 5.10 Å². The van der Waals surface area contributed by atoms with E-state index in [2.05, 4.69) is 20.9 Å². The maximum atomic E-state index is 12.8. The molecule has 0 unspecified atom stereocenters. The Morgan fingerprint density at radius 3 is 2.53 bits per heavy atom. The third-order valence-electron chi connectivity index (χ3n) is 4.45. The van der Waals surface area contributed by atoms with Gasteiger partial charge in [0, 0.05) is 12.6 Å². The molecule has 0 saturated heterocycles. The van der Waals surface area contributed by atoms with Crippen LogP contribution in [-0.2, 0) is 6.54 Å². The van der Waals surface area contributed by atoms with Crippen molar-refractivity contribution in [1.82, 2.24) is 20.3 Å². The van der Waals surface area contributed by atoms with E-state index in [0.717, 1.165) is 5.56 Å². The van der Waals surface area contributed by atoms with Crippen LogP contribution in [-0.4, -0.2) is 41.0 Å². The molecular weight excluding hydrogens is 429 g/mol. The van der Waals surface area contributed by atoms with Crippen molar-refractivity contribution in [3.63, 3.8) is 0 Å². The highest BCUT2D eigenvalue weighted by Crippen LogP contribution is 2.27. The highest BCUT2D eigenvalue weighted by atomic mass is 35.5. The molecule has 0 saturated carbocycles. The third-order valence-corrected chi connectivity index (χ3v) is 5.19. The van der Waals surface area contributed by atoms with Gasteiger partial charge in [0.2, 0.25) is 0 Å². The summed E-state index contributed by atoms with van der Waals surface area (Å²) in [6, 6.07) is 10.0. The Morgan fingerprint density at radius 2 is 1.87 bits per heavy atom. The van der Waals surface area contributed by atoms with E-state index in [1.165, 1.54) is 20.2 Å². The van der Waals surface area contributed by atoms with Gasteiger partial charge in [0.05, 0.1) is 35.1 Å². The summed E-state index contributed by atoms with van der Waals surface area (Å²) < 4.78 is 6.86. The van der Waals surface area contributed by atoms with Crippen LogP contribution in [0.5, 0.6) is 5.75 Å². The Hall–Kier alpha value is -3.10. The van der Waals surface area contributed by atoms with Crippen molar-refractivity contribution in [2.24, 2.45) is 0 Å². The topological polar surface area (TPSA) is 98.1 Å². The summed E-state index contributed by atoms with van der Waals surface area (Å²) in [6.07, 6.45) is 0. The number of carbonyl (C=O) groups excluding carboxylic acids is 2. The molecule has 2 amide bonds. The molecule has 0 fully saturated rings. The summed E-state index contributed by atoms with van der Waals surface area (Å²) in [7, 11) is 3.00. The number of hydrogen-bond acceptors (Lipinski definition) is 5. The molecule has 0 aliphatic rings. The molecule has 2 aromatic carbocycles. The zero-order chi connectivity index (χ0) is 21.8. The molecule has 0 radical (unpaired) electrons. The maximum Gasteiger partial charge on any atom is 0.278 e. The van der Waals surface area contributed by atoms with E-state index in [0.29, 0.717) is 39.3 Å². The number of carbonyl (C=O) groups is 2. The van der Waals surface area contributed by atoms with Crippen LogP contribution in [0.15, 0.2) is 36.4 Å². The van der Waals surface area contributed by atoms with E-state index < -0.39 is 5.91 Å². The number of rotatable bonds is 6. The highest BCUT2D eigenvalue weighted by molar-refractivity contribution is 6.42. The molecule has 0 bridgehead atoms. The quantitative estimate of drug-likeness (QED) is 0.601. The second-order valence-corrected chi connectivity index (χ2v) is 7.19. The molecule has 0 aliphatic heterocycles. The smallest absolute Gasteiger partial charge is 0.278 e. The minimum absolute atomic E-state index is 0.155. The first-order chi connectivity index (χ1) is 14.3. The summed E-state index contributed by atoms with van der Waals surface area (Å²) in [4.78, 5) is 24.7. The fraction of sp³-hybridized carbons (Fsp3) is 0.200. The molecule has 1 aromatic heterocycles. The van der Waals surface area contributed by atoms with Crippen molar-refractivity contribution >= 4 is 40.7 Å². The third kappa shape index (κ3) is 4.55. The van der Waals surface area contributed by atoms with E-state index in [-0.39, 0.29) is 11.6 Å². The summed E-state index contributed by atoms with van der Waals surface area (Å²) in [5.74, 6) is -0.339. The Labute approximate surface area is 183 Å². The lowest BCUT2D eigenvalue weighted by molar-refractivity contribution is 0.0961. The van der Waals surface area contributed by atoms with Gasteiger partial charge in [-0.3, -0.25) is 9.59 Å². The molecule has 0 atom stereocenters. The van der Waals surface area contributed by atoms with E-state index in [1.807, 2.05) is 6.07 Å². The average molecular weight is 448 g/mol. The molecule has 3 aromatic rings. The normalized spacial score (nSPS) is 10.6. The van der Waals surface area contributed by atoms with Crippen LogP contribution in [0.3, 0.4) is 0 Å². The van der Waals surface area contributed by atoms with Crippen molar-refractivity contribution in [3.05, 3.63) is 69.0 Å². The van der Waals surface area contributed by atoms with E-state index >= 15 is 0 Å². The molecule has 10 heteroatoms. The highest BCUT2D eigenvalue weighted by Gasteiger charge is 2.19. The summed E-state index contributed by atoms with van der Waals surface area (Å²) in [5, 5.41) is 14.2. The summed E-state index contributed by atoms with van der Waals surface area (Å²) in [6.45, 7) is 2.11. The van der Waals surface area contributed by atoms with E-state index in [9.17, 15) is 9.59 Å². The van der Waals surface area contributed by atoms with Crippen LogP contribution in [0, 0.1) is 6.92 Å². The number of nitrogens with zero attached hydrogens (tertiary/aromatic N) is 3. The fourth-order valence-corrected chi connectivity index (χ4v) is 3.12. The van der Waals surface area contributed by atoms with Crippen LogP contribution in [0.4, 0.5) is 5.69 Å². The first kappa shape index (κ1) is 21.6. The van der Waals surface area contributed by atoms with E-state index in [1.54, 1.807) is 35.9 Å². The Morgan fingerprint density at radius 1 is 1.10 bits per heavy atom. The molecule has 2 N–H and O–H groups in total. The molecule has 156 valence electrons. The van der Waals surface area contributed by atoms with Crippen LogP contribution >= 0.6 is 23.2 Å². The molecule has 1 heterocycles.